The maximum absolute atomic E-state index is 5.73. The van der Waals surface area contributed by atoms with E-state index >= 15 is 0 Å². The van der Waals surface area contributed by atoms with Crippen LogP contribution in [-0.4, -0.2) is 25.7 Å². The maximum Gasteiger partial charge on any atom is 0.0290 e. The van der Waals surface area contributed by atoms with Crippen molar-refractivity contribution in [1.82, 2.24) is 5.32 Å². The predicted molar refractivity (Wildman–Crippen MR) is 78.6 cm³/mol. The zero-order chi connectivity index (χ0) is 13.4. The van der Waals surface area contributed by atoms with Crippen molar-refractivity contribution in [3.8, 4) is 0 Å². The second-order valence-corrected chi connectivity index (χ2v) is 5.36. The minimum Gasteiger partial charge on any atom is -0.329 e. The smallest absolute Gasteiger partial charge is 0.0290 e. The van der Waals surface area contributed by atoms with E-state index in [4.69, 9.17) is 11.5 Å². The normalized spacial score (nSPS) is 12.9. The molecule has 3 heteroatoms. The minimum atomic E-state index is 0.0680. The molecule has 0 aliphatic carbocycles. The van der Waals surface area contributed by atoms with Crippen LogP contribution in [0.15, 0.2) is 24.3 Å². The van der Waals surface area contributed by atoms with Crippen molar-refractivity contribution in [3.05, 3.63) is 35.4 Å². The van der Waals surface area contributed by atoms with Crippen molar-refractivity contribution in [2.24, 2.45) is 17.4 Å². The molecule has 0 fully saturated rings. The molecule has 1 atom stereocenters. The van der Waals surface area contributed by atoms with E-state index < -0.39 is 0 Å². The van der Waals surface area contributed by atoms with Crippen molar-refractivity contribution in [3.63, 3.8) is 0 Å². The topological polar surface area (TPSA) is 64.1 Å². The molecule has 102 valence electrons. The van der Waals surface area contributed by atoms with Crippen LogP contribution in [0.25, 0.3) is 0 Å². The molecule has 0 radical (unpaired) electrons. The first-order valence-corrected chi connectivity index (χ1v) is 6.86. The summed E-state index contributed by atoms with van der Waals surface area (Å²) in [7, 11) is 0. The molecule has 0 saturated heterocycles. The van der Waals surface area contributed by atoms with E-state index in [1.165, 1.54) is 11.1 Å². The van der Waals surface area contributed by atoms with E-state index in [1.807, 2.05) is 0 Å². The average Bonchev–Trinajstić information content (AvgIpc) is 2.35. The number of hydrogen-bond donors (Lipinski definition) is 3. The van der Waals surface area contributed by atoms with E-state index in [1.54, 1.807) is 0 Å². The molecule has 1 unspecified atom stereocenters. The van der Waals surface area contributed by atoms with Crippen LogP contribution in [0.2, 0.25) is 0 Å². The van der Waals surface area contributed by atoms with Gasteiger partial charge in [-0.1, -0.05) is 38.1 Å². The van der Waals surface area contributed by atoms with Crippen molar-refractivity contribution in [2.75, 3.05) is 19.6 Å². The van der Waals surface area contributed by atoms with E-state index in [0.717, 1.165) is 31.8 Å². The van der Waals surface area contributed by atoms with E-state index in [2.05, 4.69) is 43.4 Å². The number of nitrogens with one attached hydrogen (secondary N) is 1. The maximum atomic E-state index is 5.73. The predicted octanol–water partition coefficient (Wildman–Crippen LogP) is 1.30. The van der Waals surface area contributed by atoms with Gasteiger partial charge < -0.3 is 16.8 Å². The largest absolute Gasteiger partial charge is 0.329 e. The van der Waals surface area contributed by atoms with Gasteiger partial charge in [0.05, 0.1) is 0 Å². The Morgan fingerprint density at radius 1 is 1.11 bits per heavy atom. The van der Waals surface area contributed by atoms with Gasteiger partial charge in [-0.15, -0.1) is 0 Å². The molecule has 3 nitrogen and oxygen atoms in total. The lowest BCUT2D eigenvalue weighted by Crippen LogP contribution is -2.40. The van der Waals surface area contributed by atoms with Gasteiger partial charge in [0.1, 0.15) is 0 Å². The minimum absolute atomic E-state index is 0.0680. The summed E-state index contributed by atoms with van der Waals surface area (Å²) in [6, 6.07) is 8.99. The average molecular weight is 249 g/mol. The molecule has 1 rings (SSSR count). The van der Waals surface area contributed by atoms with Gasteiger partial charge in [0.2, 0.25) is 0 Å². The van der Waals surface area contributed by atoms with Gasteiger partial charge >= 0.3 is 0 Å². The van der Waals surface area contributed by atoms with Crippen molar-refractivity contribution in [2.45, 2.75) is 32.7 Å². The Bertz CT molecular complexity index is 319. The van der Waals surface area contributed by atoms with Crippen molar-refractivity contribution >= 4 is 0 Å². The summed E-state index contributed by atoms with van der Waals surface area (Å²) in [5, 5.41) is 3.33. The first kappa shape index (κ1) is 15.2. The Morgan fingerprint density at radius 3 is 2.28 bits per heavy atom. The zero-order valence-electron chi connectivity index (χ0n) is 11.7. The van der Waals surface area contributed by atoms with E-state index in [-0.39, 0.29) is 6.04 Å². The summed E-state index contributed by atoms with van der Waals surface area (Å²) in [5.41, 5.74) is 14.0. The van der Waals surface area contributed by atoms with Crippen LogP contribution < -0.4 is 16.8 Å². The quantitative estimate of drug-likeness (QED) is 0.609. The van der Waals surface area contributed by atoms with Crippen LogP contribution in [0.3, 0.4) is 0 Å². The third kappa shape index (κ3) is 6.15. The SMILES string of the molecule is CC(C)Cc1ccc(CCNCC(N)CN)cc1. The lowest BCUT2D eigenvalue weighted by Gasteiger charge is -2.10. The number of rotatable bonds is 8. The molecule has 0 heterocycles. The van der Waals surface area contributed by atoms with Gasteiger partial charge in [-0.3, -0.25) is 0 Å². The molecule has 0 amide bonds. The highest BCUT2D eigenvalue weighted by atomic mass is 14.9. The molecule has 0 bridgehead atoms. The summed E-state index contributed by atoms with van der Waals surface area (Å²) < 4.78 is 0. The van der Waals surface area contributed by atoms with Crippen LogP contribution in [0.5, 0.6) is 0 Å². The Labute approximate surface area is 111 Å². The molecular formula is C15H27N3. The van der Waals surface area contributed by atoms with E-state index in [9.17, 15) is 0 Å². The lowest BCUT2D eigenvalue weighted by molar-refractivity contribution is 0.583. The molecule has 0 aromatic heterocycles. The summed E-state index contributed by atoms with van der Waals surface area (Å²) in [6.45, 7) is 6.78. The van der Waals surface area contributed by atoms with Crippen LogP contribution >= 0.6 is 0 Å². The van der Waals surface area contributed by atoms with Gasteiger partial charge in [0.25, 0.3) is 0 Å². The highest BCUT2D eigenvalue weighted by Crippen LogP contribution is 2.09. The third-order valence-corrected chi connectivity index (χ3v) is 2.97. The van der Waals surface area contributed by atoms with Crippen LogP contribution in [0.4, 0.5) is 0 Å². The second kappa shape index (κ2) is 8.25. The zero-order valence-corrected chi connectivity index (χ0v) is 11.7. The Hall–Kier alpha value is -0.900. The van der Waals surface area contributed by atoms with E-state index in [0.29, 0.717) is 6.54 Å². The molecule has 0 saturated carbocycles. The molecule has 0 aliphatic rings. The molecule has 0 aliphatic heterocycles. The molecule has 0 spiro atoms. The van der Waals surface area contributed by atoms with Crippen molar-refractivity contribution < 1.29 is 0 Å². The lowest BCUT2D eigenvalue weighted by atomic mass is 10.0. The van der Waals surface area contributed by atoms with Gasteiger partial charge in [0, 0.05) is 19.1 Å². The number of nitrogens with two attached hydrogens (primary N) is 2. The van der Waals surface area contributed by atoms with Gasteiger partial charge in [0.15, 0.2) is 0 Å². The summed E-state index contributed by atoms with van der Waals surface area (Å²) in [6.07, 6.45) is 2.20. The Kier molecular flexibility index (Phi) is 6.94. The first-order chi connectivity index (χ1) is 8.61. The van der Waals surface area contributed by atoms with Gasteiger partial charge in [-0.25, -0.2) is 0 Å². The second-order valence-electron chi connectivity index (χ2n) is 5.36. The fraction of sp³-hybridized carbons (Fsp3) is 0.600. The monoisotopic (exact) mass is 249 g/mol. The molecular weight excluding hydrogens is 222 g/mol. The summed E-state index contributed by atoms with van der Waals surface area (Å²) >= 11 is 0. The fourth-order valence-corrected chi connectivity index (χ4v) is 1.92. The number of benzene rings is 1. The summed E-state index contributed by atoms with van der Waals surface area (Å²) in [5.74, 6) is 0.718. The Morgan fingerprint density at radius 2 is 1.72 bits per heavy atom. The van der Waals surface area contributed by atoms with Crippen LogP contribution in [-0.2, 0) is 12.8 Å². The Balaban J connectivity index is 2.26. The van der Waals surface area contributed by atoms with Crippen molar-refractivity contribution in [1.29, 1.82) is 0 Å². The van der Waals surface area contributed by atoms with Crippen LogP contribution in [0, 0.1) is 5.92 Å². The van der Waals surface area contributed by atoms with Gasteiger partial charge in [-0.05, 0) is 36.4 Å². The third-order valence-electron chi connectivity index (χ3n) is 2.97. The highest BCUT2D eigenvalue weighted by molar-refractivity contribution is 5.23. The van der Waals surface area contributed by atoms with Gasteiger partial charge in [-0.2, -0.15) is 0 Å². The molecule has 1 aromatic rings. The first-order valence-electron chi connectivity index (χ1n) is 6.86. The standard InChI is InChI=1S/C15H27N3/c1-12(2)9-14-5-3-13(4-6-14)7-8-18-11-15(17)10-16/h3-6,12,15,18H,7-11,16-17H2,1-2H3. The van der Waals surface area contributed by atoms with Crippen LogP contribution in [0.1, 0.15) is 25.0 Å². The summed E-state index contributed by atoms with van der Waals surface area (Å²) in [4.78, 5) is 0. The fourth-order valence-electron chi connectivity index (χ4n) is 1.92. The molecule has 5 N–H and O–H groups in total. The number of hydrogen-bond acceptors (Lipinski definition) is 3. The molecule has 1 aromatic carbocycles. The molecule has 18 heavy (non-hydrogen) atoms. The highest BCUT2D eigenvalue weighted by Gasteiger charge is 2.00.